The van der Waals surface area contributed by atoms with Gasteiger partial charge in [0.15, 0.2) is 0 Å². The number of ether oxygens (including phenoxy) is 1. The molecule has 4 heteroatoms. The Morgan fingerprint density at radius 3 is 2.90 bits per heavy atom. The summed E-state index contributed by atoms with van der Waals surface area (Å²) in [4.78, 5) is 8.51. The second-order valence-electron chi connectivity index (χ2n) is 5.39. The average Bonchev–Trinajstić information content (AvgIpc) is 3.00. The van der Waals surface area contributed by atoms with E-state index in [1.165, 1.54) is 12.8 Å². The summed E-state index contributed by atoms with van der Waals surface area (Å²) in [5.74, 6) is 0. The summed E-state index contributed by atoms with van der Waals surface area (Å²) in [7, 11) is 0. The van der Waals surface area contributed by atoms with E-state index in [-0.39, 0.29) is 0 Å². The van der Waals surface area contributed by atoms with Gasteiger partial charge in [0.1, 0.15) is 0 Å². The number of rotatable bonds is 5. The number of fused-ring (bicyclic) bond motifs is 1. The van der Waals surface area contributed by atoms with Crippen LogP contribution in [0, 0.1) is 0 Å². The molecule has 1 saturated heterocycles. The van der Waals surface area contributed by atoms with Gasteiger partial charge in [0.05, 0.1) is 23.2 Å². The molecule has 106 valence electrons. The molecule has 0 spiro atoms. The standard InChI is InChI=1S/C16H20N2O2/c19-16(5-1-3-13-4-2-10-20-13)12-6-7-14-15(11-12)18-9-8-17-14/h6-9,11,13,16,19H,1-5,10H2. The van der Waals surface area contributed by atoms with Crippen LogP contribution >= 0.6 is 0 Å². The Balaban J connectivity index is 1.58. The molecule has 0 saturated carbocycles. The monoisotopic (exact) mass is 272 g/mol. The summed E-state index contributed by atoms with van der Waals surface area (Å²) in [6, 6.07) is 5.79. The highest BCUT2D eigenvalue weighted by molar-refractivity contribution is 5.74. The second kappa shape index (κ2) is 6.29. The van der Waals surface area contributed by atoms with Crippen LogP contribution in [0.15, 0.2) is 30.6 Å². The molecule has 4 nitrogen and oxygen atoms in total. The first-order valence-corrected chi connectivity index (χ1v) is 7.33. The third kappa shape index (κ3) is 3.14. The molecular formula is C16H20N2O2. The van der Waals surface area contributed by atoms with Crippen molar-refractivity contribution in [3.8, 4) is 0 Å². The molecule has 2 heterocycles. The highest BCUT2D eigenvalue weighted by Crippen LogP contribution is 2.24. The SMILES string of the molecule is OC(CCCC1CCCO1)c1ccc2nccnc2c1. The number of benzene rings is 1. The third-order valence-electron chi connectivity index (χ3n) is 3.91. The molecule has 2 unspecified atom stereocenters. The molecule has 0 aliphatic carbocycles. The van der Waals surface area contributed by atoms with Crippen molar-refractivity contribution in [2.24, 2.45) is 0 Å². The van der Waals surface area contributed by atoms with Gasteiger partial charge in [-0.3, -0.25) is 9.97 Å². The zero-order valence-electron chi connectivity index (χ0n) is 11.5. The zero-order valence-corrected chi connectivity index (χ0v) is 11.5. The molecule has 2 atom stereocenters. The van der Waals surface area contributed by atoms with Crippen LogP contribution in [0.2, 0.25) is 0 Å². The molecule has 1 aliphatic rings. The van der Waals surface area contributed by atoms with E-state index in [9.17, 15) is 5.11 Å². The van der Waals surface area contributed by atoms with Crippen molar-refractivity contribution in [2.45, 2.75) is 44.3 Å². The molecule has 0 amide bonds. The summed E-state index contributed by atoms with van der Waals surface area (Å²) < 4.78 is 5.60. The minimum absolute atomic E-state index is 0.407. The molecule has 1 fully saturated rings. The lowest BCUT2D eigenvalue weighted by molar-refractivity contribution is 0.0945. The van der Waals surface area contributed by atoms with Crippen molar-refractivity contribution in [1.82, 2.24) is 9.97 Å². The van der Waals surface area contributed by atoms with E-state index < -0.39 is 6.10 Å². The topological polar surface area (TPSA) is 55.2 Å². The summed E-state index contributed by atoms with van der Waals surface area (Å²) in [5.41, 5.74) is 2.62. The lowest BCUT2D eigenvalue weighted by atomic mass is 10.0. The molecule has 2 aromatic rings. The Kier molecular flexibility index (Phi) is 4.23. The van der Waals surface area contributed by atoms with Gasteiger partial charge in [-0.2, -0.15) is 0 Å². The predicted octanol–water partition coefficient (Wildman–Crippen LogP) is 3.01. The minimum atomic E-state index is -0.428. The smallest absolute Gasteiger partial charge is 0.0890 e. The van der Waals surface area contributed by atoms with E-state index in [1.54, 1.807) is 12.4 Å². The van der Waals surface area contributed by atoms with E-state index >= 15 is 0 Å². The quantitative estimate of drug-likeness (QED) is 0.909. The van der Waals surface area contributed by atoms with Gasteiger partial charge in [0.2, 0.25) is 0 Å². The maximum atomic E-state index is 10.3. The van der Waals surface area contributed by atoms with Gasteiger partial charge < -0.3 is 9.84 Å². The number of aromatic nitrogens is 2. The lowest BCUT2D eigenvalue weighted by Gasteiger charge is -2.13. The van der Waals surface area contributed by atoms with Gasteiger partial charge in [0.25, 0.3) is 0 Å². The van der Waals surface area contributed by atoms with Crippen molar-refractivity contribution >= 4 is 11.0 Å². The number of hydrogen-bond donors (Lipinski definition) is 1. The van der Waals surface area contributed by atoms with E-state index in [1.807, 2.05) is 18.2 Å². The van der Waals surface area contributed by atoms with Gasteiger partial charge >= 0.3 is 0 Å². The van der Waals surface area contributed by atoms with Crippen LogP contribution in [0.25, 0.3) is 11.0 Å². The van der Waals surface area contributed by atoms with Gasteiger partial charge in [-0.05, 0) is 49.8 Å². The highest BCUT2D eigenvalue weighted by atomic mass is 16.5. The molecule has 1 N–H and O–H groups in total. The summed E-state index contributed by atoms with van der Waals surface area (Å²) in [5, 5.41) is 10.3. The Labute approximate surface area is 118 Å². The van der Waals surface area contributed by atoms with Gasteiger partial charge in [0, 0.05) is 19.0 Å². The zero-order chi connectivity index (χ0) is 13.8. The van der Waals surface area contributed by atoms with Crippen molar-refractivity contribution in [2.75, 3.05) is 6.61 Å². The molecule has 1 aromatic carbocycles. The Morgan fingerprint density at radius 2 is 2.10 bits per heavy atom. The van der Waals surface area contributed by atoms with Crippen molar-refractivity contribution in [3.05, 3.63) is 36.2 Å². The first-order valence-electron chi connectivity index (χ1n) is 7.33. The minimum Gasteiger partial charge on any atom is -0.388 e. The van der Waals surface area contributed by atoms with Gasteiger partial charge in [-0.15, -0.1) is 0 Å². The van der Waals surface area contributed by atoms with Gasteiger partial charge in [-0.1, -0.05) is 6.07 Å². The van der Waals surface area contributed by atoms with Crippen LogP contribution in [0.3, 0.4) is 0 Å². The van der Waals surface area contributed by atoms with Crippen LogP contribution in [0.1, 0.15) is 43.8 Å². The Morgan fingerprint density at radius 1 is 1.25 bits per heavy atom. The van der Waals surface area contributed by atoms with E-state index in [0.29, 0.717) is 6.10 Å². The van der Waals surface area contributed by atoms with E-state index in [2.05, 4.69) is 9.97 Å². The van der Waals surface area contributed by atoms with Crippen LogP contribution < -0.4 is 0 Å². The molecule has 1 aliphatic heterocycles. The van der Waals surface area contributed by atoms with E-state index in [4.69, 9.17) is 4.74 Å². The van der Waals surface area contributed by atoms with Gasteiger partial charge in [-0.25, -0.2) is 0 Å². The second-order valence-corrected chi connectivity index (χ2v) is 5.39. The largest absolute Gasteiger partial charge is 0.388 e. The summed E-state index contributed by atoms with van der Waals surface area (Å²) >= 11 is 0. The average molecular weight is 272 g/mol. The van der Waals surface area contributed by atoms with Crippen LogP contribution in [0.4, 0.5) is 0 Å². The molecule has 0 bridgehead atoms. The molecule has 3 rings (SSSR count). The maximum Gasteiger partial charge on any atom is 0.0890 e. The lowest BCUT2D eigenvalue weighted by Crippen LogP contribution is -2.06. The summed E-state index contributed by atoms with van der Waals surface area (Å²) in [6.07, 6.45) is 8.49. The summed E-state index contributed by atoms with van der Waals surface area (Å²) in [6.45, 7) is 0.899. The molecular weight excluding hydrogens is 252 g/mol. The fraction of sp³-hybridized carbons (Fsp3) is 0.500. The number of aliphatic hydroxyl groups excluding tert-OH is 1. The van der Waals surface area contributed by atoms with Crippen LogP contribution in [-0.4, -0.2) is 27.8 Å². The molecule has 0 radical (unpaired) electrons. The number of hydrogen-bond acceptors (Lipinski definition) is 4. The molecule has 20 heavy (non-hydrogen) atoms. The number of nitrogens with zero attached hydrogens (tertiary/aromatic N) is 2. The highest BCUT2D eigenvalue weighted by Gasteiger charge is 2.16. The van der Waals surface area contributed by atoms with E-state index in [0.717, 1.165) is 42.5 Å². The fourth-order valence-corrected chi connectivity index (χ4v) is 2.77. The van der Waals surface area contributed by atoms with Crippen molar-refractivity contribution < 1.29 is 9.84 Å². The number of aliphatic hydroxyl groups is 1. The predicted molar refractivity (Wildman–Crippen MR) is 77.3 cm³/mol. The first-order chi connectivity index (χ1) is 9.83. The Bertz CT molecular complexity index is 567. The molecule has 1 aromatic heterocycles. The third-order valence-corrected chi connectivity index (χ3v) is 3.91. The van der Waals surface area contributed by atoms with Crippen LogP contribution in [0.5, 0.6) is 0 Å². The Hall–Kier alpha value is -1.52. The van der Waals surface area contributed by atoms with Crippen LogP contribution in [-0.2, 0) is 4.74 Å². The maximum absolute atomic E-state index is 10.3. The van der Waals surface area contributed by atoms with Crippen molar-refractivity contribution in [1.29, 1.82) is 0 Å². The van der Waals surface area contributed by atoms with Crippen molar-refractivity contribution in [3.63, 3.8) is 0 Å². The normalized spacial score (nSPS) is 20.4. The fourth-order valence-electron chi connectivity index (χ4n) is 2.77. The first kappa shape index (κ1) is 13.5.